The number of carbonyl (C=O) groups is 1. The maximum atomic E-state index is 13.0. The van der Waals surface area contributed by atoms with Crippen molar-refractivity contribution in [3.05, 3.63) is 12.2 Å². The molecule has 9 heteroatoms. The molecule has 0 aromatic carbocycles. The lowest BCUT2D eigenvalue weighted by Crippen LogP contribution is -2.60. The molecule has 0 radical (unpaired) electrons. The minimum atomic E-state index is -1.56. The molecule has 1 rings (SSSR count). The number of aliphatic hydroxyl groups excluding tert-OH is 5. The van der Waals surface area contributed by atoms with E-state index in [1.54, 1.807) is 6.08 Å². The Bertz CT molecular complexity index is 981. The van der Waals surface area contributed by atoms with E-state index < -0.39 is 49.5 Å². The van der Waals surface area contributed by atoms with Crippen LogP contribution in [0.3, 0.4) is 0 Å². The van der Waals surface area contributed by atoms with E-state index in [9.17, 15) is 30.3 Å². The summed E-state index contributed by atoms with van der Waals surface area (Å²) in [6.07, 6.45) is 45.5. The van der Waals surface area contributed by atoms with E-state index in [4.69, 9.17) is 9.47 Å². The lowest BCUT2D eigenvalue weighted by atomic mass is 9.99. The van der Waals surface area contributed by atoms with Gasteiger partial charge in [0.1, 0.15) is 24.4 Å². The summed E-state index contributed by atoms with van der Waals surface area (Å²) in [6.45, 7) is 3.81. The lowest BCUT2D eigenvalue weighted by Gasteiger charge is -2.40. The molecule has 9 nitrogen and oxygen atoms in total. The topological polar surface area (TPSA) is 149 Å². The third kappa shape index (κ3) is 33.4. The van der Waals surface area contributed by atoms with Gasteiger partial charge in [-0.2, -0.15) is 0 Å². The van der Waals surface area contributed by atoms with Crippen LogP contribution < -0.4 is 5.32 Å². The summed E-state index contributed by atoms with van der Waals surface area (Å²) in [4.78, 5) is 13.0. The third-order valence-corrected chi connectivity index (χ3v) is 13.1. The highest BCUT2D eigenvalue weighted by Gasteiger charge is 2.44. The summed E-state index contributed by atoms with van der Waals surface area (Å²) in [6, 6.07) is -0.799. The molecule has 7 atom stereocenters. The molecule has 0 saturated carbocycles. The van der Waals surface area contributed by atoms with Gasteiger partial charge in [-0.15, -0.1) is 0 Å². The molecular formula is C53H103NO8. The van der Waals surface area contributed by atoms with Crippen LogP contribution in [0, 0.1) is 0 Å². The summed E-state index contributed by atoms with van der Waals surface area (Å²) < 4.78 is 11.3. The fraction of sp³-hybridized carbons (Fsp3) is 0.943. The van der Waals surface area contributed by atoms with Gasteiger partial charge < -0.3 is 40.3 Å². The minimum Gasteiger partial charge on any atom is -0.394 e. The van der Waals surface area contributed by atoms with Crippen LogP contribution in [0.5, 0.6) is 0 Å². The molecule has 1 fully saturated rings. The number of allylic oxidation sites excluding steroid dienone is 1. The number of unbranched alkanes of at least 4 members (excludes halogenated alkanes) is 36. The molecule has 1 aliphatic rings. The number of carbonyl (C=O) groups excluding carboxylic acids is 1. The molecule has 368 valence electrons. The number of hydrogen-bond acceptors (Lipinski definition) is 8. The molecule has 0 bridgehead atoms. The second-order valence-corrected chi connectivity index (χ2v) is 19.0. The van der Waals surface area contributed by atoms with Crippen LogP contribution in [0.1, 0.15) is 264 Å². The maximum Gasteiger partial charge on any atom is 0.220 e. The fourth-order valence-corrected chi connectivity index (χ4v) is 8.81. The Kier molecular flexibility index (Phi) is 41.6. The van der Waals surface area contributed by atoms with Gasteiger partial charge in [0.2, 0.25) is 5.91 Å². The molecule has 0 spiro atoms. The Balaban J connectivity index is 2.24. The Morgan fingerprint density at radius 2 is 0.887 bits per heavy atom. The monoisotopic (exact) mass is 882 g/mol. The predicted octanol–water partition coefficient (Wildman–Crippen LogP) is 12.5. The predicted molar refractivity (Wildman–Crippen MR) is 258 cm³/mol. The number of amides is 1. The van der Waals surface area contributed by atoms with Crippen LogP contribution in [0.15, 0.2) is 12.2 Å². The van der Waals surface area contributed by atoms with Crippen molar-refractivity contribution in [2.24, 2.45) is 0 Å². The van der Waals surface area contributed by atoms with Crippen molar-refractivity contribution in [1.82, 2.24) is 5.32 Å². The van der Waals surface area contributed by atoms with Crippen LogP contribution in [0.4, 0.5) is 0 Å². The Hall–Kier alpha value is -1.07. The Morgan fingerprint density at radius 3 is 1.26 bits per heavy atom. The minimum absolute atomic E-state index is 0.172. The van der Waals surface area contributed by atoms with Crippen molar-refractivity contribution >= 4 is 5.91 Å². The second-order valence-electron chi connectivity index (χ2n) is 19.0. The third-order valence-electron chi connectivity index (χ3n) is 13.1. The van der Waals surface area contributed by atoms with E-state index >= 15 is 0 Å². The summed E-state index contributed by atoms with van der Waals surface area (Å²) >= 11 is 0. The molecular weight excluding hydrogens is 779 g/mol. The molecule has 1 saturated heterocycles. The molecule has 62 heavy (non-hydrogen) atoms. The van der Waals surface area contributed by atoms with Crippen LogP contribution >= 0.6 is 0 Å². The van der Waals surface area contributed by atoms with Gasteiger partial charge in [0.05, 0.1) is 25.4 Å². The van der Waals surface area contributed by atoms with Gasteiger partial charge in [-0.3, -0.25) is 4.79 Å². The number of aliphatic hydroxyl groups is 5. The van der Waals surface area contributed by atoms with E-state index in [1.165, 1.54) is 205 Å². The zero-order valence-corrected chi connectivity index (χ0v) is 40.6. The summed E-state index contributed by atoms with van der Waals surface area (Å²) in [5, 5.41) is 54.4. The maximum absolute atomic E-state index is 13.0. The molecule has 0 aliphatic carbocycles. The SMILES string of the molecule is CCCCCCCCCCCCCCCCCCCCCCCC/C=C/C(O)C(COC1OC(CO)C(O)C(O)C1O)NC(=O)CCCCCCCCCCCCCCCCC. The van der Waals surface area contributed by atoms with E-state index in [1.807, 2.05) is 6.08 Å². The number of hydrogen-bond donors (Lipinski definition) is 6. The smallest absolute Gasteiger partial charge is 0.220 e. The molecule has 0 aromatic rings. The van der Waals surface area contributed by atoms with Gasteiger partial charge in [-0.05, 0) is 19.3 Å². The highest BCUT2D eigenvalue weighted by Crippen LogP contribution is 2.23. The number of nitrogens with one attached hydrogen (secondary N) is 1. The first kappa shape index (κ1) is 58.9. The van der Waals surface area contributed by atoms with Gasteiger partial charge in [0, 0.05) is 6.42 Å². The second kappa shape index (κ2) is 43.8. The van der Waals surface area contributed by atoms with Crippen LogP contribution in [-0.2, 0) is 14.3 Å². The van der Waals surface area contributed by atoms with E-state index in [2.05, 4.69) is 19.2 Å². The molecule has 1 heterocycles. The van der Waals surface area contributed by atoms with Crippen molar-refractivity contribution in [2.75, 3.05) is 13.2 Å². The van der Waals surface area contributed by atoms with E-state index in [-0.39, 0.29) is 12.5 Å². The largest absolute Gasteiger partial charge is 0.394 e. The van der Waals surface area contributed by atoms with Gasteiger partial charge in [0.25, 0.3) is 0 Å². The molecule has 7 unspecified atom stereocenters. The van der Waals surface area contributed by atoms with Crippen molar-refractivity contribution in [3.8, 4) is 0 Å². The Morgan fingerprint density at radius 1 is 0.532 bits per heavy atom. The Labute approximate surface area is 382 Å². The first-order valence-electron chi connectivity index (χ1n) is 26.9. The summed E-state index contributed by atoms with van der Waals surface area (Å²) in [5.41, 5.74) is 0. The summed E-state index contributed by atoms with van der Waals surface area (Å²) in [5.74, 6) is -0.172. The van der Waals surface area contributed by atoms with E-state index in [0.717, 1.165) is 38.5 Å². The van der Waals surface area contributed by atoms with Crippen molar-refractivity contribution in [3.63, 3.8) is 0 Å². The van der Waals surface area contributed by atoms with Crippen LogP contribution in [-0.4, -0.2) is 87.5 Å². The van der Waals surface area contributed by atoms with Gasteiger partial charge >= 0.3 is 0 Å². The van der Waals surface area contributed by atoms with Crippen LogP contribution in [0.25, 0.3) is 0 Å². The standard InChI is InChI=1S/C53H103NO8/c1-3-5-7-9-11-13-15-17-19-20-21-22-23-24-25-26-27-29-30-32-34-36-38-40-42-47(56)46(45-61-53-52(60)51(59)50(58)48(44-55)62-53)54-49(57)43-41-39-37-35-33-31-28-18-16-14-12-10-8-6-4-2/h40,42,46-48,50-53,55-56,58-60H,3-39,41,43-45H2,1-2H3,(H,54,57)/b42-40+. The zero-order chi connectivity index (χ0) is 45.1. The average Bonchev–Trinajstić information content (AvgIpc) is 3.27. The molecule has 1 amide bonds. The summed E-state index contributed by atoms with van der Waals surface area (Å²) in [7, 11) is 0. The first-order chi connectivity index (χ1) is 30.3. The quantitative estimate of drug-likeness (QED) is 0.0261. The fourth-order valence-electron chi connectivity index (χ4n) is 8.81. The van der Waals surface area contributed by atoms with Gasteiger partial charge in [-0.1, -0.05) is 251 Å². The van der Waals surface area contributed by atoms with Gasteiger partial charge in [0.15, 0.2) is 6.29 Å². The van der Waals surface area contributed by atoms with Crippen molar-refractivity contribution in [1.29, 1.82) is 0 Å². The normalized spacial score (nSPS) is 20.3. The lowest BCUT2D eigenvalue weighted by molar-refractivity contribution is -0.302. The van der Waals surface area contributed by atoms with Crippen molar-refractivity contribution < 1.29 is 39.8 Å². The van der Waals surface area contributed by atoms with Gasteiger partial charge in [-0.25, -0.2) is 0 Å². The first-order valence-corrected chi connectivity index (χ1v) is 26.9. The molecule has 0 aromatic heterocycles. The zero-order valence-electron chi connectivity index (χ0n) is 40.6. The average molecular weight is 882 g/mol. The van der Waals surface area contributed by atoms with E-state index in [0.29, 0.717) is 6.42 Å². The van der Waals surface area contributed by atoms with Crippen LogP contribution in [0.2, 0.25) is 0 Å². The molecule has 1 aliphatic heterocycles. The number of ether oxygens (including phenoxy) is 2. The highest BCUT2D eigenvalue weighted by atomic mass is 16.7. The van der Waals surface area contributed by atoms with Crippen molar-refractivity contribution in [2.45, 2.75) is 307 Å². The number of rotatable bonds is 46. The highest BCUT2D eigenvalue weighted by molar-refractivity contribution is 5.76. The molecule has 6 N–H and O–H groups in total.